The van der Waals surface area contributed by atoms with Gasteiger partial charge in [0.15, 0.2) is 5.75 Å². The van der Waals surface area contributed by atoms with E-state index in [1.165, 1.54) is 17.0 Å². The summed E-state index contributed by atoms with van der Waals surface area (Å²) in [5, 5.41) is 12.1. The van der Waals surface area contributed by atoms with Crippen molar-refractivity contribution in [1.29, 1.82) is 0 Å². The van der Waals surface area contributed by atoms with Crippen molar-refractivity contribution < 1.29 is 19.0 Å². The van der Waals surface area contributed by atoms with Gasteiger partial charge in [-0.25, -0.2) is 9.18 Å². The van der Waals surface area contributed by atoms with Crippen LogP contribution in [0.3, 0.4) is 0 Å². The van der Waals surface area contributed by atoms with Crippen molar-refractivity contribution in [3.05, 3.63) is 17.9 Å². The highest BCUT2D eigenvalue weighted by molar-refractivity contribution is 5.74. The number of carboxylic acid groups (broad SMARTS) is 1. The van der Waals surface area contributed by atoms with Gasteiger partial charge < -0.3 is 25.0 Å². The highest BCUT2D eigenvalue weighted by Gasteiger charge is 2.25. The molecule has 6 nitrogen and oxygen atoms in total. The molecule has 0 bridgehead atoms. The van der Waals surface area contributed by atoms with E-state index in [0.29, 0.717) is 56.5 Å². The molecule has 108 valence electrons. The molecule has 2 heterocycles. The van der Waals surface area contributed by atoms with Gasteiger partial charge in [0, 0.05) is 44.9 Å². The van der Waals surface area contributed by atoms with E-state index in [1.54, 1.807) is 0 Å². The third kappa shape index (κ3) is 2.31. The van der Waals surface area contributed by atoms with E-state index in [0.717, 1.165) is 0 Å². The molecular weight excluding hydrogens is 265 g/mol. The first-order valence-electron chi connectivity index (χ1n) is 6.58. The molecule has 1 amide bonds. The SMILES string of the molecule is O=C(O)N1CCN(c2cc(F)cc3c2OCCN3)CC1. The van der Waals surface area contributed by atoms with Crippen LogP contribution in [0.4, 0.5) is 20.6 Å². The fraction of sp³-hybridized carbons (Fsp3) is 0.462. The number of hydrogen-bond acceptors (Lipinski definition) is 4. The molecular formula is C13H16FN3O3. The van der Waals surface area contributed by atoms with Gasteiger partial charge in [-0.05, 0) is 0 Å². The minimum Gasteiger partial charge on any atom is -0.487 e. The van der Waals surface area contributed by atoms with E-state index in [1.807, 2.05) is 4.90 Å². The Hall–Kier alpha value is -2.18. The molecule has 7 heteroatoms. The number of carbonyl (C=O) groups is 1. The predicted octanol–water partition coefficient (Wildman–Crippen LogP) is 1.43. The Bertz CT molecular complexity index is 530. The van der Waals surface area contributed by atoms with Gasteiger partial charge in [-0.1, -0.05) is 0 Å². The fourth-order valence-corrected chi connectivity index (χ4v) is 2.57. The van der Waals surface area contributed by atoms with Gasteiger partial charge in [0.1, 0.15) is 12.4 Å². The summed E-state index contributed by atoms with van der Waals surface area (Å²) in [5.41, 5.74) is 1.35. The molecule has 1 fully saturated rings. The second kappa shape index (κ2) is 5.07. The summed E-state index contributed by atoms with van der Waals surface area (Å²) in [6.45, 7) is 3.09. The molecule has 0 aliphatic carbocycles. The van der Waals surface area contributed by atoms with Crippen LogP contribution in [0.2, 0.25) is 0 Å². The largest absolute Gasteiger partial charge is 0.487 e. The molecule has 0 radical (unpaired) electrons. The highest BCUT2D eigenvalue weighted by atomic mass is 19.1. The molecule has 3 rings (SSSR count). The number of amides is 1. The van der Waals surface area contributed by atoms with E-state index in [-0.39, 0.29) is 5.82 Å². The van der Waals surface area contributed by atoms with Crippen LogP contribution >= 0.6 is 0 Å². The molecule has 0 aromatic heterocycles. The van der Waals surface area contributed by atoms with E-state index >= 15 is 0 Å². The number of halogens is 1. The number of anilines is 2. The Morgan fingerprint density at radius 2 is 2.05 bits per heavy atom. The van der Waals surface area contributed by atoms with Gasteiger partial charge in [-0.2, -0.15) is 0 Å². The van der Waals surface area contributed by atoms with Crippen LogP contribution in [0, 0.1) is 5.82 Å². The lowest BCUT2D eigenvalue weighted by Crippen LogP contribution is -2.48. The number of fused-ring (bicyclic) bond motifs is 1. The molecule has 0 saturated carbocycles. The zero-order valence-electron chi connectivity index (χ0n) is 10.9. The minimum absolute atomic E-state index is 0.322. The standard InChI is InChI=1S/C13H16FN3O3/c14-9-7-10-12(20-6-1-15-10)11(8-9)16-2-4-17(5-3-16)13(18)19/h7-8,15H,1-6H2,(H,18,19). The quantitative estimate of drug-likeness (QED) is 0.815. The third-order valence-corrected chi connectivity index (χ3v) is 3.59. The average Bonchev–Trinajstić information content (AvgIpc) is 2.46. The number of piperazine rings is 1. The van der Waals surface area contributed by atoms with Crippen molar-refractivity contribution >= 4 is 17.5 Å². The van der Waals surface area contributed by atoms with E-state index < -0.39 is 6.09 Å². The van der Waals surface area contributed by atoms with Crippen LogP contribution in [-0.4, -0.2) is 55.4 Å². The van der Waals surface area contributed by atoms with Gasteiger partial charge >= 0.3 is 6.09 Å². The topological polar surface area (TPSA) is 65.0 Å². The summed E-state index contributed by atoms with van der Waals surface area (Å²) < 4.78 is 19.3. The van der Waals surface area contributed by atoms with E-state index in [4.69, 9.17) is 9.84 Å². The van der Waals surface area contributed by atoms with Gasteiger partial charge in [-0.15, -0.1) is 0 Å². The van der Waals surface area contributed by atoms with Crippen LogP contribution in [0.25, 0.3) is 0 Å². The van der Waals surface area contributed by atoms with Gasteiger partial charge in [-0.3, -0.25) is 0 Å². The fourth-order valence-electron chi connectivity index (χ4n) is 2.57. The maximum Gasteiger partial charge on any atom is 0.407 e. The normalized spacial score (nSPS) is 18.1. The molecule has 0 atom stereocenters. The number of nitrogens with one attached hydrogen (secondary N) is 1. The maximum atomic E-state index is 13.7. The van der Waals surface area contributed by atoms with Crippen molar-refractivity contribution in [1.82, 2.24) is 4.90 Å². The van der Waals surface area contributed by atoms with Crippen LogP contribution in [-0.2, 0) is 0 Å². The van der Waals surface area contributed by atoms with Crippen LogP contribution in [0.1, 0.15) is 0 Å². The summed E-state index contributed by atoms with van der Waals surface area (Å²) in [5.74, 6) is 0.332. The lowest BCUT2D eigenvalue weighted by molar-refractivity contribution is 0.142. The zero-order chi connectivity index (χ0) is 14.1. The minimum atomic E-state index is -0.913. The zero-order valence-corrected chi connectivity index (χ0v) is 10.9. The molecule has 1 aromatic carbocycles. The Morgan fingerprint density at radius 1 is 1.30 bits per heavy atom. The number of hydrogen-bond donors (Lipinski definition) is 2. The lowest BCUT2D eigenvalue weighted by Gasteiger charge is -2.36. The predicted molar refractivity (Wildman–Crippen MR) is 72.2 cm³/mol. The highest BCUT2D eigenvalue weighted by Crippen LogP contribution is 2.39. The summed E-state index contributed by atoms with van der Waals surface area (Å²) in [6, 6.07) is 2.87. The first kappa shape index (κ1) is 12.8. The Morgan fingerprint density at radius 3 is 2.75 bits per heavy atom. The van der Waals surface area contributed by atoms with Gasteiger partial charge in [0.25, 0.3) is 0 Å². The Balaban J connectivity index is 1.84. The molecule has 20 heavy (non-hydrogen) atoms. The first-order valence-corrected chi connectivity index (χ1v) is 6.58. The lowest BCUT2D eigenvalue weighted by atomic mass is 10.2. The van der Waals surface area contributed by atoms with Gasteiger partial charge in [0.05, 0.1) is 11.4 Å². The maximum absolute atomic E-state index is 13.7. The van der Waals surface area contributed by atoms with Crippen molar-refractivity contribution in [3.8, 4) is 5.75 Å². The second-order valence-corrected chi connectivity index (χ2v) is 4.83. The number of ether oxygens (including phenoxy) is 1. The number of rotatable bonds is 1. The number of benzene rings is 1. The summed E-state index contributed by atoms with van der Waals surface area (Å²) in [4.78, 5) is 14.2. The molecule has 0 unspecified atom stereocenters. The Labute approximate surface area is 115 Å². The smallest absolute Gasteiger partial charge is 0.407 e. The summed E-state index contributed by atoms with van der Waals surface area (Å²) in [7, 11) is 0. The molecule has 2 N–H and O–H groups in total. The molecule has 2 aliphatic rings. The van der Waals surface area contributed by atoms with Crippen LogP contribution in [0.5, 0.6) is 5.75 Å². The molecule has 2 aliphatic heterocycles. The van der Waals surface area contributed by atoms with Crippen molar-refractivity contribution in [2.45, 2.75) is 0 Å². The van der Waals surface area contributed by atoms with E-state index in [2.05, 4.69) is 5.32 Å². The molecule has 0 spiro atoms. The summed E-state index contributed by atoms with van der Waals surface area (Å²) >= 11 is 0. The van der Waals surface area contributed by atoms with Gasteiger partial charge in [0.2, 0.25) is 0 Å². The average molecular weight is 281 g/mol. The van der Waals surface area contributed by atoms with Crippen molar-refractivity contribution in [2.75, 3.05) is 49.5 Å². The first-order chi connectivity index (χ1) is 9.65. The Kier molecular flexibility index (Phi) is 3.25. The summed E-state index contributed by atoms with van der Waals surface area (Å²) in [6.07, 6.45) is -0.913. The molecule has 1 aromatic rings. The number of nitrogens with zero attached hydrogens (tertiary/aromatic N) is 2. The van der Waals surface area contributed by atoms with Crippen LogP contribution < -0.4 is 15.0 Å². The van der Waals surface area contributed by atoms with Crippen molar-refractivity contribution in [2.24, 2.45) is 0 Å². The second-order valence-electron chi connectivity index (χ2n) is 4.83. The van der Waals surface area contributed by atoms with Crippen LogP contribution in [0.15, 0.2) is 12.1 Å². The molecule has 1 saturated heterocycles. The van der Waals surface area contributed by atoms with Crippen molar-refractivity contribution in [3.63, 3.8) is 0 Å². The third-order valence-electron chi connectivity index (χ3n) is 3.59. The monoisotopic (exact) mass is 281 g/mol. The van der Waals surface area contributed by atoms with E-state index in [9.17, 15) is 9.18 Å².